The monoisotopic (exact) mass is 476 g/mol. The van der Waals surface area contributed by atoms with E-state index in [2.05, 4.69) is 9.97 Å². The van der Waals surface area contributed by atoms with Crippen LogP contribution in [0.15, 0.2) is 64.2 Å². The molecule has 4 aromatic rings. The van der Waals surface area contributed by atoms with Crippen molar-refractivity contribution in [3.8, 4) is 0 Å². The predicted octanol–water partition coefficient (Wildman–Crippen LogP) is 4.62. The normalized spacial score (nSPS) is 15.1. The number of nitrogens with one attached hydrogen (secondary N) is 1. The molecule has 0 unspecified atom stereocenters. The number of methoxy groups -OCH3 is 1. The van der Waals surface area contributed by atoms with E-state index >= 15 is 0 Å². The van der Waals surface area contributed by atoms with Gasteiger partial charge in [0, 0.05) is 6.04 Å². The molecule has 9 heteroatoms. The van der Waals surface area contributed by atoms with E-state index in [-0.39, 0.29) is 34.5 Å². The molecule has 0 spiro atoms. The fourth-order valence-corrected chi connectivity index (χ4v) is 5.39. The van der Waals surface area contributed by atoms with E-state index in [0.717, 1.165) is 31.2 Å². The highest BCUT2D eigenvalue weighted by molar-refractivity contribution is 7.99. The second kappa shape index (κ2) is 9.34. The van der Waals surface area contributed by atoms with Crippen LogP contribution in [0.2, 0.25) is 0 Å². The number of esters is 1. The van der Waals surface area contributed by atoms with E-state index < -0.39 is 5.97 Å². The van der Waals surface area contributed by atoms with Crippen LogP contribution in [0.3, 0.4) is 0 Å². The number of benzene rings is 2. The molecule has 0 bridgehead atoms. The Morgan fingerprint density at radius 2 is 1.82 bits per heavy atom. The minimum atomic E-state index is -0.697. The lowest BCUT2D eigenvalue weighted by Crippen LogP contribution is -2.26. The Balaban J connectivity index is 1.54. The van der Waals surface area contributed by atoms with Gasteiger partial charge in [0.1, 0.15) is 17.2 Å². The molecule has 0 amide bonds. The van der Waals surface area contributed by atoms with Crippen LogP contribution in [0.1, 0.15) is 37.5 Å². The molecule has 1 aliphatic rings. The zero-order valence-corrected chi connectivity index (χ0v) is 19.5. The van der Waals surface area contributed by atoms with Crippen LogP contribution in [0.5, 0.6) is 0 Å². The number of aliphatic hydroxyl groups excluding tert-OH is 1. The van der Waals surface area contributed by atoms with E-state index in [0.29, 0.717) is 21.6 Å². The zero-order chi connectivity index (χ0) is 23.7. The quantitative estimate of drug-likeness (QED) is 0.137. The third-order valence-electron chi connectivity index (χ3n) is 6.11. The number of para-hydroxylation sites is 3. The molecular weight excluding hydrogens is 452 g/mol. The van der Waals surface area contributed by atoms with Gasteiger partial charge < -0.3 is 14.8 Å². The van der Waals surface area contributed by atoms with E-state index in [9.17, 15) is 14.7 Å². The molecule has 0 atom stereocenters. The SMILES string of the molecule is COC(=O)/C(=C(/O)CSc1nc2ccccc2c(=O)n1C1CCCC1)c1nc2ccccc2[nH]1. The smallest absolute Gasteiger partial charge is 0.345 e. The van der Waals surface area contributed by atoms with Gasteiger partial charge in [-0.15, -0.1) is 0 Å². The molecule has 2 heterocycles. The zero-order valence-electron chi connectivity index (χ0n) is 18.7. The van der Waals surface area contributed by atoms with Gasteiger partial charge in [-0.2, -0.15) is 0 Å². The number of aliphatic hydroxyl groups is 1. The van der Waals surface area contributed by atoms with Crippen molar-refractivity contribution < 1.29 is 14.6 Å². The minimum Gasteiger partial charge on any atom is -0.510 e. The Morgan fingerprint density at radius 1 is 1.12 bits per heavy atom. The molecular formula is C25H24N4O4S. The number of nitrogens with zero attached hydrogens (tertiary/aromatic N) is 3. The lowest BCUT2D eigenvalue weighted by molar-refractivity contribution is -0.133. The lowest BCUT2D eigenvalue weighted by atomic mass is 10.2. The van der Waals surface area contributed by atoms with Gasteiger partial charge in [-0.25, -0.2) is 14.8 Å². The van der Waals surface area contributed by atoms with E-state index in [1.807, 2.05) is 42.5 Å². The van der Waals surface area contributed by atoms with Crippen LogP contribution in [-0.2, 0) is 9.53 Å². The van der Waals surface area contributed by atoms with E-state index in [4.69, 9.17) is 9.72 Å². The van der Waals surface area contributed by atoms with Gasteiger partial charge >= 0.3 is 5.97 Å². The molecule has 34 heavy (non-hydrogen) atoms. The third-order valence-corrected chi connectivity index (χ3v) is 7.07. The summed E-state index contributed by atoms with van der Waals surface area (Å²) in [6, 6.07) is 14.7. The van der Waals surface area contributed by atoms with Crippen LogP contribution < -0.4 is 5.56 Å². The number of aromatic nitrogens is 4. The maximum atomic E-state index is 13.3. The largest absolute Gasteiger partial charge is 0.510 e. The van der Waals surface area contributed by atoms with Crippen LogP contribution >= 0.6 is 11.8 Å². The number of rotatable bonds is 6. The number of imidazole rings is 1. The summed E-state index contributed by atoms with van der Waals surface area (Å²) < 4.78 is 6.68. The van der Waals surface area contributed by atoms with Crippen molar-refractivity contribution in [1.29, 1.82) is 0 Å². The van der Waals surface area contributed by atoms with Gasteiger partial charge in [-0.1, -0.05) is 48.9 Å². The van der Waals surface area contributed by atoms with Gasteiger partial charge in [0.05, 0.1) is 34.8 Å². The highest BCUT2D eigenvalue weighted by Gasteiger charge is 2.25. The average molecular weight is 477 g/mol. The Hall–Kier alpha value is -3.59. The Kier molecular flexibility index (Phi) is 6.10. The standard InChI is InChI=1S/C25H24N4O4S/c1-33-24(32)21(22-26-18-12-6-7-13-19(18)27-22)20(30)14-34-25-28-17-11-5-4-10-16(17)23(31)29(25)15-8-2-3-9-15/h4-7,10-13,15,30H,2-3,8-9,14H2,1H3,(H,26,27)/b21-20+. The van der Waals surface area contributed by atoms with Gasteiger partial charge in [0.15, 0.2) is 5.16 Å². The maximum Gasteiger partial charge on any atom is 0.345 e. The molecule has 1 saturated carbocycles. The van der Waals surface area contributed by atoms with Gasteiger partial charge in [0.2, 0.25) is 0 Å². The summed E-state index contributed by atoms with van der Waals surface area (Å²) >= 11 is 1.22. The first-order chi connectivity index (χ1) is 16.6. The number of thioether (sulfide) groups is 1. The number of ether oxygens (including phenoxy) is 1. The van der Waals surface area contributed by atoms with Gasteiger partial charge in [-0.05, 0) is 37.1 Å². The first-order valence-corrected chi connectivity index (χ1v) is 12.1. The Labute approximate surface area is 199 Å². The number of fused-ring (bicyclic) bond motifs is 2. The third kappa shape index (κ3) is 4.07. The topological polar surface area (TPSA) is 110 Å². The number of hydrogen-bond acceptors (Lipinski definition) is 7. The van der Waals surface area contributed by atoms with Crippen LogP contribution in [0.4, 0.5) is 0 Å². The first kappa shape index (κ1) is 22.2. The number of carbonyl (C=O) groups is 1. The second-order valence-corrected chi connectivity index (χ2v) is 9.17. The molecule has 2 aromatic carbocycles. The summed E-state index contributed by atoms with van der Waals surface area (Å²) in [6.07, 6.45) is 3.97. The lowest BCUT2D eigenvalue weighted by Gasteiger charge is -2.18. The van der Waals surface area contributed by atoms with Crippen molar-refractivity contribution in [2.75, 3.05) is 12.9 Å². The molecule has 8 nitrogen and oxygen atoms in total. The fourth-order valence-electron chi connectivity index (χ4n) is 4.44. The predicted molar refractivity (Wildman–Crippen MR) is 132 cm³/mol. The Morgan fingerprint density at radius 3 is 2.56 bits per heavy atom. The molecule has 0 aliphatic heterocycles. The first-order valence-electron chi connectivity index (χ1n) is 11.2. The summed E-state index contributed by atoms with van der Waals surface area (Å²) in [5.74, 6) is -0.641. The summed E-state index contributed by atoms with van der Waals surface area (Å²) in [4.78, 5) is 38.1. The number of hydrogen-bond donors (Lipinski definition) is 2. The number of carbonyl (C=O) groups excluding carboxylic acids is 1. The summed E-state index contributed by atoms with van der Waals surface area (Å²) in [6.45, 7) is 0. The van der Waals surface area contributed by atoms with Crippen LogP contribution in [-0.4, -0.2) is 43.5 Å². The number of H-pyrrole nitrogens is 1. The van der Waals surface area contributed by atoms with Crippen molar-refractivity contribution in [3.05, 3.63) is 70.5 Å². The molecule has 5 rings (SSSR count). The molecule has 0 radical (unpaired) electrons. The fraction of sp³-hybridized carbons (Fsp3) is 0.280. The van der Waals surface area contributed by atoms with Crippen molar-refractivity contribution in [2.24, 2.45) is 0 Å². The van der Waals surface area contributed by atoms with E-state index in [1.165, 1.54) is 18.9 Å². The van der Waals surface area contributed by atoms with Crippen molar-refractivity contribution in [3.63, 3.8) is 0 Å². The summed E-state index contributed by atoms with van der Waals surface area (Å²) in [7, 11) is 1.26. The molecule has 0 saturated heterocycles. The van der Waals surface area contributed by atoms with Crippen LogP contribution in [0.25, 0.3) is 27.5 Å². The van der Waals surface area contributed by atoms with Crippen LogP contribution in [0, 0.1) is 0 Å². The van der Waals surface area contributed by atoms with Crippen molar-refractivity contribution in [1.82, 2.24) is 19.5 Å². The maximum absolute atomic E-state index is 13.3. The summed E-state index contributed by atoms with van der Waals surface area (Å²) in [5.41, 5.74) is 1.91. The van der Waals surface area contributed by atoms with Gasteiger partial charge in [-0.3, -0.25) is 9.36 Å². The highest BCUT2D eigenvalue weighted by atomic mass is 32.2. The molecule has 174 valence electrons. The highest BCUT2D eigenvalue weighted by Crippen LogP contribution is 2.33. The average Bonchev–Trinajstić information content (AvgIpc) is 3.53. The molecule has 1 fully saturated rings. The molecule has 2 N–H and O–H groups in total. The van der Waals surface area contributed by atoms with Crippen molar-refractivity contribution in [2.45, 2.75) is 36.9 Å². The van der Waals surface area contributed by atoms with Crippen molar-refractivity contribution >= 4 is 45.2 Å². The number of aromatic amines is 1. The molecule has 1 aliphatic carbocycles. The Bertz CT molecular complexity index is 1430. The second-order valence-electron chi connectivity index (χ2n) is 8.23. The molecule has 2 aromatic heterocycles. The summed E-state index contributed by atoms with van der Waals surface area (Å²) in [5, 5.41) is 12.1. The van der Waals surface area contributed by atoms with E-state index in [1.54, 1.807) is 10.6 Å². The minimum absolute atomic E-state index is 0.0268. The van der Waals surface area contributed by atoms with Gasteiger partial charge in [0.25, 0.3) is 5.56 Å².